The van der Waals surface area contributed by atoms with Crippen LogP contribution >= 0.6 is 11.6 Å². The van der Waals surface area contributed by atoms with Crippen molar-refractivity contribution in [3.05, 3.63) is 28.8 Å². The Bertz CT molecular complexity index is 358. The van der Waals surface area contributed by atoms with Crippen LogP contribution in [0.5, 0.6) is 5.75 Å². The van der Waals surface area contributed by atoms with Gasteiger partial charge < -0.3 is 10.1 Å². The highest BCUT2D eigenvalue weighted by Crippen LogP contribution is 2.29. The predicted molar refractivity (Wildman–Crippen MR) is 64.9 cm³/mol. The first-order valence-electron chi connectivity index (χ1n) is 5.42. The molecular formula is C12H16ClF2NO. The fraction of sp³-hybridized carbons (Fsp3) is 0.500. The van der Waals surface area contributed by atoms with Gasteiger partial charge in [0.25, 0.3) is 6.43 Å². The smallest absolute Gasteiger partial charge is 0.272 e. The SMILES string of the molecule is CC(C)NCc1cccc(Cl)c1OCC(F)F. The zero-order valence-corrected chi connectivity index (χ0v) is 10.6. The van der Waals surface area contributed by atoms with Crippen molar-refractivity contribution in [2.75, 3.05) is 6.61 Å². The third-order valence-electron chi connectivity index (χ3n) is 2.10. The number of nitrogens with one attached hydrogen (secondary N) is 1. The van der Waals surface area contributed by atoms with Gasteiger partial charge in [0.1, 0.15) is 12.4 Å². The monoisotopic (exact) mass is 263 g/mol. The summed E-state index contributed by atoms with van der Waals surface area (Å²) in [6, 6.07) is 5.51. The van der Waals surface area contributed by atoms with Crippen LogP contribution < -0.4 is 10.1 Å². The maximum atomic E-state index is 12.1. The van der Waals surface area contributed by atoms with Gasteiger partial charge in [0, 0.05) is 18.2 Å². The molecular weight excluding hydrogens is 248 g/mol. The van der Waals surface area contributed by atoms with Crippen molar-refractivity contribution >= 4 is 11.6 Å². The summed E-state index contributed by atoms with van der Waals surface area (Å²) >= 11 is 5.93. The number of para-hydroxylation sites is 1. The van der Waals surface area contributed by atoms with Crippen molar-refractivity contribution < 1.29 is 13.5 Å². The summed E-state index contributed by atoms with van der Waals surface area (Å²) < 4.78 is 29.3. The molecule has 0 bridgehead atoms. The molecule has 0 aliphatic heterocycles. The molecule has 0 saturated heterocycles. The minimum absolute atomic E-state index is 0.303. The fourth-order valence-electron chi connectivity index (χ4n) is 1.31. The zero-order valence-electron chi connectivity index (χ0n) is 9.84. The van der Waals surface area contributed by atoms with E-state index in [1.54, 1.807) is 12.1 Å². The van der Waals surface area contributed by atoms with E-state index in [-0.39, 0.29) is 0 Å². The number of halogens is 3. The van der Waals surface area contributed by atoms with Crippen molar-refractivity contribution in [1.29, 1.82) is 0 Å². The molecule has 0 fully saturated rings. The van der Waals surface area contributed by atoms with E-state index in [4.69, 9.17) is 16.3 Å². The highest BCUT2D eigenvalue weighted by Gasteiger charge is 2.11. The molecule has 2 nitrogen and oxygen atoms in total. The average Bonchev–Trinajstić information content (AvgIpc) is 2.24. The van der Waals surface area contributed by atoms with Gasteiger partial charge in [-0.3, -0.25) is 0 Å². The van der Waals surface area contributed by atoms with Crippen LogP contribution in [0.4, 0.5) is 8.78 Å². The van der Waals surface area contributed by atoms with E-state index in [1.165, 1.54) is 0 Å². The van der Waals surface area contributed by atoms with Crippen LogP contribution in [0.1, 0.15) is 19.4 Å². The molecule has 0 spiro atoms. The Kier molecular flexibility index (Phi) is 5.65. The van der Waals surface area contributed by atoms with Gasteiger partial charge >= 0.3 is 0 Å². The molecule has 5 heteroatoms. The largest absolute Gasteiger partial charge is 0.486 e. The van der Waals surface area contributed by atoms with Crippen LogP contribution in [0.15, 0.2) is 18.2 Å². The van der Waals surface area contributed by atoms with Gasteiger partial charge in [0.15, 0.2) is 0 Å². The molecule has 0 aromatic heterocycles. The molecule has 0 atom stereocenters. The Morgan fingerprint density at radius 2 is 2.06 bits per heavy atom. The second kappa shape index (κ2) is 6.77. The van der Waals surface area contributed by atoms with Crippen molar-refractivity contribution in [2.24, 2.45) is 0 Å². The van der Waals surface area contributed by atoms with Gasteiger partial charge in [0.05, 0.1) is 5.02 Å². The molecule has 0 aliphatic rings. The van der Waals surface area contributed by atoms with Gasteiger partial charge in [-0.2, -0.15) is 0 Å². The van der Waals surface area contributed by atoms with E-state index in [0.717, 1.165) is 5.56 Å². The summed E-state index contributed by atoms with van der Waals surface area (Å²) in [5.41, 5.74) is 0.784. The molecule has 96 valence electrons. The van der Waals surface area contributed by atoms with Crippen molar-refractivity contribution in [1.82, 2.24) is 5.32 Å². The molecule has 0 aliphatic carbocycles. The molecule has 17 heavy (non-hydrogen) atoms. The fourth-order valence-corrected chi connectivity index (χ4v) is 1.56. The summed E-state index contributed by atoms with van der Waals surface area (Å²) in [6.07, 6.45) is -2.50. The van der Waals surface area contributed by atoms with Crippen molar-refractivity contribution in [3.63, 3.8) is 0 Å². The lowest BCUT2D eigenvalue weighted by Crippen LogP contribution is -2.22. The Labute approximate surface area is 105 Å². The Morgan fingerprint density at radius 1 is 1.35 bits per heavy atom. The van der Waals surface area contributed by atoms with E-state index in [2.05, 4.69) is 5.32 Å². The summed E-state index contributed by atoms with van der Waals surface area (Å²) in [5.74, 6) is 0.336. The third kappa shape index (κ3) is 4.88. The minimum atomic E-state index is -2.50. The molecule has 0 saturated carbocycles. The Hall–Kier alpha value is -0.870. The first-order valence-corrected chi connectivity index (χ1v) is 5.80. The predicted octanol–water partition coefficient (Wildman–Crippen LogP) is 3.48. The normalized spacial score (nSPS) is 11.2. The molecule has 1 N–H and O–H groups in total. The van der Waals surface area contributed by atoms with Crippen LogP contribution in [0, 0.1) is 0 Å². The van der Waals surface area contributed by atoms with Crippen LogP contribution in [-0.4, -0.2) is 19.1 Å². The van der Waals surface area contributed by atoms with E-state index < -0.39 is 13.0 Å². The second-order valence-corrected chi connectivity index (χ2v) is 4.37. The number of rotatable bonds is 6. The molecule has 0 radical (unpaired) electrons. The molecule has 0 heterocycles. The minimum Gasteiger partial charge on any atom is -0.486 e. The van der Waals surface area contributed by atoms with E-state index >= 15 is 0 Å². The average molecular weight is 264 g/mol. The second-order valence-electron chi connectivity index (χ2n) is 3.97. The van der Waals surface area contributed by atoms with Crippen molar-refractivity contribution in [2.45, 2.75) is 32.9 Å². The molecule has 0 amide bonds. The third-order valence-corrected chi connectivity index (χ3v) is 2.40. The Balaban J connectivity index is 2.76. The molecule has 1 aromatic carbocycles. The topological polar surface area (TPSA) is 21.3 Å². The quantitative estimate of drug-likeness (QED) is 0.848. The Morgan fingerprint density at radius 3 is 2.65 bits per heavy atom. The van der Waals surface area contributed by atoms with Gasteiger partial charge in [0.2, 0.25) is 0 Å². The van der Waals surface area contributed by atoms with Crippen molar-refractivity contribution in [3.8, 4) is 5.75 Å². The highest BCUT2D eigenvalue weighted by atomic mass is 35.5. The summed E-state index contributed by atoms with van der Waals surface area (Å²) in [5, 5.41) is 3.55. The standard InChI is InChI=1S/C12H16ClF2NO/c1-8(2)16-6-9-4-3-5-10(13)12(9)17-7-11(14)15/h3-5,8,11,16H,6-7H2,1-2H3. The van der Waals surface area contributed by atoms with Gasteiger partial charge in [-0.05, 0) is 6.07 Å². The molecule has 0 unspecified atom stereocenters. The van der Waals surface area contributed by atoms with Crippen LogP contribution in [-0.2, 0) is 6.54 Å². The maximum Gasteiger partial charge on any atom is 0.272 e. The van der Waals surface area contributed by atoms with Crippen LogP contribution in [0.25, 0.3) is 0 Å². The maximum absolute atomic E-state index is 12.1. The van der Waals surface area contributed by atoms with Gasteiger partial charge in [-0.15, -0.1) is 0 Å². The lowest BCUT2D eigenvalue weighted by Gasteiger charge is -2.14. The first kappa shape index (κ1) is 14.2. The number of hydrogen-bond donors (Lipinski definition) is 1. The molecule has 1 rings (SSSR count). The molecule has 1 aromatic rings. The van der Waals surface area contributed by atoms with Crippen LogP contribution in [0.2, 0.25) is 5.02 Å². The van der Waals surface area contributed by atoms with Crippen LogP contribution in [0.3, 0.4) is 0 Å². The summed E-state index contributed by atoms with van der Waals surface area (Å²) in [4.78, 5) is 0. The first-order chi connectivity index (χ1) is 8.00. The lowest BCUT2D eigenvalue weighted by atomic mass is 10.2. The van der Waals surface area contributed by atoms with Gasteiger partial charge in [-0.1, -0.05) is 37.6 Å². The zero-order chi connectivity index (χ0) is 12.8. The number of benzene rings is 1. The summed E-state index contributed by atoms with van der Waals surface area (Å²) in [6.45, 7) is 3.91. The number of ether oxygens (including phenoxy) is 1. The van der Waals surface area contributed by atoms with E-state index in [0.29, 0.717) is 23.4 Å². The number of alkyl halides is 2. The summed E-state index contributed by atoms with van der Waals surface area (Å²) in [7, 11) is 0. The lowest BCUT2D eigenvalue weighted by molar-refractivity contribution is 0.0814. The number of hydrogen-bond acceptors (Lipinski definition) is 2. The van der Waals surface area contributed by atoms with E-state index in [9.17, 15) is 8.78 Å². The van der Waals surface area contributed by atoms with E-state index in [1.807, 2.05) is 19.9 Å². The van der Waals surface area contributed by atoms with Gasteiger partial charge in [-0.25, -0.2) is 8.78 Å². The highest BCUT2D eigenvalue weighted by molar-refractivity contribution is 6.32.